The maximum atomic E-state index is 12.3. The van der Waals surface area contributed by atoms with Crippen LogP contribution in [0.25, 0.3) is 0 Å². The van der Waals surface area contributed by atoms with Crippen LogP contribution in [0.5, 0.6) is 0 Å². The van der Waals surface area contributed by atoms with E-state index in [-0.39, 0.29) is 24.9 Å². The summed E-state index contributed by atoms with van der Waals surface area (Å²) < 4.78 is 11.2. The SMILES string of the molecule is C=C1C(=CC=C2CCC[C@]3(C)C(CC)=CC[C@@H]23)C[C@](O)(OCC(=O)OC(C)(CC)CC)C[C@@H]1O. The Morgan fingerprint density at radius 2 is 2.00 bits per heavy atom. The topological polar surface area (TPSA) is 76.0 Å². The molecule has 0 aromatic carbocycles. The van der Waals surface area contributed by atoms with Crippen LogP contribution in [0.4, 0.5) is 0 Å². The molecule has 34 heavy (non-hydrogen) atoms. The summed E-state index contributed by atoms with van der Waals surface area (Å²) >= 11 is 0. The van der Waals surface area contributed by atoms with Gasteiger partial charge in [-0.3, -0.25) is 0 Å². The van der Waals surface area contributed by atoms with E-state index in [2.05, 4.69) is 32.6 Å². The lowest BCUT2D eigenvalue weighted by atomic mass is 9.64. The maximum Gasteiger partial charge on any atom is 0.332 e. The highest BCUT2D eigenvalue weighted by atomic mass is 16.6. The highest BCUT2D eigenvalue weighted by Crippen LogP contribution is 2.55. The number of aliphatic hydroxyl groups is 2. The van der Waals surface area contributed by atoms with Gasteiger partial charge in [-0.05, 0) is 74.3 Å². The zero-order valence-corrected chi connectivity index (χ0v) is 21.8. The van der Waals surface area contributed by atoms with E-state index < -0.39 is 23.5 Å². The molecule has 0 saturated heterocycles. The van der Waals surface area contributed by atoms with Crippen LogP contribution in [-0.2, 0) is 14.3 Å². The largest absolute Gasteiger partial charge is 0.458 e. The summed E-state index contributed by atoms with van der Waals surface area (Å²) in [5.41, 5.74) is 4.08. The molecule has 5 heteroatoms. The Bertz CT molecular complexity index is 877. The van der Waals surface area contributed by atoms with Crippen LogP contribution in [0, 0.1) is 11.3 Å². The summed E-state index contributed by atoms with van der Waals surface area (Å²) in [6, 6.07) is 0. The minimum absolute atomic E-state index is 0.0175. The first kappa shape index (κ1) is 26.9. The molecule has 0 spiro atoms. The molecule has 2 N–H and O–H groups in total. The van der Waals surface area contributed by atoms with Crippen LogP contribution in [0.3, 0.4) is 0 Å². The van der Waals surface area contributed by atoms with Gasteiger partial charge in [0.25, 0.3) is 0 Å². The number of rotatable bonds is 8. The van der Waals surface area contributed by atoms with Gasteiger partial charge in [0.1, 0.15) is 12.2 Å². The molecular formula is C29H44O5. The predicted molar refractivity (Wildman–Crippen MR) is 135 cm³/mol. The Balaban J connectivity index is 1.71. The lowest BCUT2D eigenvalue weighted by Crippen LogP contribution is -2.44. The van der Waals surface area contributed by atoms with E-state index >= 15 is 0 Å². The standard InChI is InChI=1S/C29H44O5/c1-7-23-14-15-24-21(11-10-16-28(23,24)6)12-13-22-17-29(32,18-25(30)20(22)4)33-19-26(31)34-27(5,8-2)9-3/h12-14,24-25,30,32H,4,7-11,15-19H2,1-3,5-6H3/t24-,25-,28+,29-/m0/s1. The third-order valence-electron chi connectivity index (χ3n) is 8.70. The number of hydrogen-bond donors (Lipinski definition) is 2. The number of allylic oxidation sites excluding steroid dienone is 5. The fourth-order valence-electron chi connectivity index (χ4n) is 5.95. The number of aliphatic hydroxyl groups excluding tert-OH is 1. The highest BCUT2D eigenvalue weighted by Gasteiger charge is 2.44. The first-order valence-corrected chi connectivity index (χ1v) is 13.0. The van der Waals surface area contributed by atoms with Gasteiger partial charge in [-0.25, -0.2) is 4.79 Å². The summed E-state index contributed by atoms with van der Waals surface area (Å²) in [5, 5.41) is 21.7. The number of fused-ring (bicyclic) bond motifs is 1. The second-order valence-electron chi connectivity index (χ2n) is 10.9. The van der Waals surface area contributed by atoms with E-state index in [1.54, 1.807) is 5.57 Å². The zero-order valence-electron chi connectivity index (χ0n) is 21.8. The van der Waals surface area contributed by atoms with Crippen LogP contribution in [-0.4, -0.2) is 40.3 Å². The van der Waals surface area contributed by atoms with Crippen LogP contribution in [0.2, 0.25) is 0 Å². The monoisotopic (exact) mass is 472 g/mol. The minimum atomic E-state index is -1.63. The van der Waals surface area contributed by atoms with Crippen molar-refractivity contribution in [3.8, 4) is 0 Å². The van der Waals surface area contributed by atoms with Gasteiger partial charge in [-0.15, -0.1) is 0 Å². The van der Waals surface area contributed by atoms with Gasteiger partial charge in [0, 0.05) is 12.8 Å². The molecule has 0 unspecified atom stereocenters. The summed E-state index contributed by atoms with van der Waals surface area (Å²) in [7, 11) is 0. The third-order valence-corrected chi connectivity index (χ3v) is 8.70. The van der Waals surface area contributed by atoms with Crippen molar-refractivity contribution in [3.05, 3.63) is 47.1 Å². The average Bonchev–Trinajstić information content (AvgIpc) is 3.15. The lowest BCUT2D eigenvalue weighted by molar-refractivity contribution is -0.229. The number of carbonyl (C=O) groups excluding carboxylic acids is 1. The van der Waals surface area contributed by atoms with Gasteiger partial charge in [-0.1, -0.05) is 63.6 Å². The molecule has 2 saturated carbocycles. The van der Waals surface area contributed by atoms with Crippen LogP contribution in [0.15, 0.2) is 47.1 Å². The molecule has 0 bridgehead atoms. The van der Waals surface area contributed by atoms with Gasteiger partial charge in [0.15, 0.2) is 5.79 Å². The Kier molecular flexibility index (Phi) is 8.32. The summed E-state index contributed by atoms with van der Waals surface area (Å²) in [5.74, 6) is -1.62. The minimum Gasteiger partial charge on any atom is -0.458 e. The number of carbonyl (C=O) groups is 1. The molecule has 190 valence electrons. The molecule has 3 aliphatic rings. The number of esters is 1. The molecule has 3 rings (SSSR count). The predicted octanol–water partition coefficient (Wildman–Crippen LogP) is 5.92. The van der Waals surface area contributed by atoms with Gasteiger partial charge in [-0.2, -0.15) is 0 Å². The van der Waals surface area contributed by atoms with E-state index in [4.69, 9.17) is 9.47 Å². The Labute approximate surface area is 205 Å². The molecule has 0 amide bonds. The molecule has 0 aromatic rings. The van der Waals surface area contributed by atoms with Crippen LogP contribution in [0.1, 0.15) is 92.4 Å². The van der Waals surface area contributed by atoms with Crippen molar-refractivity contribution >= 4 is 5.97 Å². The van der Waals surface area contributed by atoms with Crippen molar-refractivity contribution in [1.82, 2.24) is 0 Å². The van der Waals surface area contributed by atoms with Crippen LogP contribution >= 0.6 is 0 Å². The Morgan fingerprint density at radius 3 is 2.65 bits per heavy atom. The van der Waals surface area contributed by atoms with E-state index in [1.807, 2.05) is 26.8 Å². The van der Waals surface area contributed by atoms with Gasteiger partial charge in [0.05, 0.1) is 6.10 Å². The van der Waals surface area contributed by atoms with Gasteiger partial charge < -0.3 is 19.7 Å². The van der Waals surface area contributed by atoms with E-state index in [1.165, 1.54) is 18.4 Å². The highest BCUT2D eigenvalue weighted by molar-refractivity contribution is 5.71. The van der Waals surface area contributed by atoms with Crippen molar-refractivity contribution in [2.45, 2.75) is 110 Å². The molecular weight excluding hydrogens is 428 g/mol. The molecule has 5 nitrogen and oxygen atoms in total. The van der Waals surface area contributed by atoms with E-state index in [9.17, 15) is 15.0 Å². The van der Waals surface area contributed by atoms with Crippen LogP contribution < -0.4 is 0 Å². The second-order valence-corrected chi connectivity index (χ2v) is 10.9. The quantitative estimate of drug-likeness (QED) is 0.260. The first-order chi connectivity index (χ1) is 16.0. The van der Waals surface area contributed by atoms with Crippen molar-refractivity contribution in [2.75, 3.05) is 6.61 Å². The van der Waals surface area contributed by atoms with E-state index in [0.717, 1.165) is 24.8 Å². The van der Waals surface area contributed by atoms with Crippen molar-refractivity contribution < 1.29 is 24.5 Å². The molecule has 0 radical (unpaired) electrons. The smallest absolute Gasteiger partial charge is 0.332 e. The molecule has 4 atom stereocenters. The Hall–Kier alpha value is -1.69. The lowest BCUT2D eigenvalue weighted by Gasteiger charge is -2.41. The Morgan fingerprint density at radius 1 is 1.29 bits per heavy atom. The van der Waals surface area contributed by atoms with Crippen molar-refractivity contribution in [1.29, 1.82) is 0 Å². The van der Waals surface area contributed by atoms with Gasteiger partial charge >= 0.3 is 5.97 Å². The third kappa shape index (κ3) is 5.58. The van der Waals surface area contributed by atoms with Crippen molar-refractivity contribution in [3.63, 3.8) is 0 Å². The molecule has 3 aliphatic carbocycles. The number of hydrogen-bond acceptors (Lipinski definition) is 5. The fourth-order valence-corrected chi connectivity index (χ4v) is 5.95. The molecule has 0 aliphatic heterocycles. The molecule has 2 fully saturated rings. The maximum absolute atomic E-state index is 12.3. The zero-order chi connectivity index (χ0) is 25.1. The number of ether oxygens (including phenoxy) is 2. The van der Waals surface area contributed by atoms with Crippen molar-refractivity contribution in [2.24, 2.45) is 11.3 Å². The van der Waals surface area contributed by atoms with Gasteiger partial charge in [0.2, 0.25) is 0 Å². The normalized spacial score (nSPS) is 34.3. The first-order valence-electron chi connectivity index (χ1n) is 13.0. The summed E-state index contributed by atoms with van der Waals surface area (Å²) in [4.78, 5) is 12.3. The molecule has 0 heterocycles. The summed E-state index contributed by atoms with van der Waals surface area (Å²) in [6.07, 6.45) is 12.9. The summed E-state index contributed by atoms with van der Waals surface area (Å²) in [6.45, 7) is 14.2. The van der Waals surface area contributed by atoms with E-state index in [0.29, 0.717) is 24.3 Å². The second kappa shape index (κ2) is 10.5. The average molecular weight is 473 g/mol. The fraction of sp³-hybridized carbons (Fsp3) is 0.690. The molecule has 0 aromatic heterocycles.